The lowest BCUT2D eigenvalue weighted by Crippen LogP contribution is -2.47. The second kappa shape index (κ2) is 6.18. The molecule has 0 radical (unpaired) electrons. The highest BCUT2D eigenvalue weighted by Crippen LogP contribution is 2.10. The van der Waals surface area contributed by atoms with Crippen LogP contribution in [0.25, 0.3) is 0 Å². The van der Waals surface area contributed by atoms with E-state index in [0.717, 1.165) is 31.6 Å². The van der Waals surface area contributed by atoms with E-state index in [1.165, 1.54) is 6.26 Å². The number of hydrogen-bond acceptors (Lipinski definition) is 4. The van der Waals surface area contributed by atoms with Crippen molar-refractivity contribution in [3.05, 3.63) is 0 Å². The molecule has 0 spiro atoms. The summed E-state index contributed by atoms with van der Waals surface area (Å²) < 4.78 is 27.3. The molecule has 4 nitrogen and oxygen atoms in total. The summed E-state index contributed by atoms with van der Waals surface area (Å²) in [6.07, 6.45) is 2.00. The highest BCUT2D eigenvalue weighted by molar-refractivity contribution is 9.09. The molecule has 1 rings (SSSR count). The molecule has 15 heavy (non-hydrogen) atoms. The van der Waals surface area contributed by atoms with E-state index in [1.807, 2.05) is 0 Å². The molecule has 0 aromatic heterocycles. The molecule has 1 saturated heterocycles. The van der Waals surface area contributed by atoms with Crippen molar-refractivity contribution in [1.82, 2.24) is 4.90 Å². The van der Waals surface area contributed by atoms with Crippen LogP contribution in [-0.4, -0.2) is 63.0 Å². The number of nitrogens with zero attached hydrogens (tertiary/aromatic N) is 1. The summed E-state index contributed by atoms with van der Waals surface area (Å²) >= 11 is 3.44. The fourth-order valence-electron chi connectivity index (χ4n) is 1.66. The highest BCUT2D eigenvalue weighted by atomic mass is 79.9. The van der Waals surface area contributed by atoms with Gasteiger partial charge in [0.25, 0.3) is 0 Å². The first kappa shape index (κ1) is 13.4. The first-order chi connectivity index (χ1) is 7.03. The zero-order valence-electron chi connectivity index (χ0n) is 8.99. The van der Waals surface area contributed by atoms with E-state index in [1.54, 1.807) is 0 Å². The maximum atomic E-state index is 11.0. The van der Waals surface area contributed by atoms with Crippen LogP contribution in [0.4, 0.5) is 0 Å². The van der Waals surface area contributed by atoms with E-state index < -0.39 is 9.84 Å². The second-order valence-electron chi connectivity index (χ2n) is 3.90. The van der Waals surface area contributed by atoms with Gasteiger partial charge in [0.05, 0.1) is 19.0 Å². The molecule has 0 aromatic rings. The smallest absolute Gasteiger partial charge is 0.147 e. The van der Waals surface area contributed by atoms with E-state index in [0.29, 0.717) is 12.5 Å². The third-order valence-corrected chi connectivity index (χ3v) is 4.27. The van der Waals surface area contributed by atoms with Gasteiger partial charge in [-0.2, -0.15) is 0 Å². The third kappa shape index (κ3) is 5.29. The average molecular weight is 300 g/mol. The van der Waals surface area contributed by atoms with Crippen LogP contribution in [0.2, 0.25) is 0 Å². The van der Waals surface area contributed by atoms with E-state index in [-0.39, 0.29) is 5.75 Å². The fraction of sp³-hybridized carbons (Fsp3) is 1.00. The van der Waals surface area contributed by atoms with Gasteiger partial charge in [0.2, 0.25) is 0 Å². The predicted molar refractivity (Wildman–Crippen MR) is 64.3 cm³/mol. The van der Waals surface area contributed by atoms with E-state index in [2.05, 4.69) is 20.8 Å². The van der Waals surface area contributed by atoms with Gasteiger partial charge in [0, 0.05) is 24.2 Å². The van der Waals surface area contributed by atoms with Crippen molar-refractivity contribution in [3.63, 3.8) is 0 Å². The first-order valence-electron chi connectivity index (χ1n) is 5.08. The van der Waals surface area contributed by atoms with Gasteiger partial charge >= 0.3 is 0 Å². The van der Waals surface area contributed by atoms with Crippen molar-refractivity contribution in [2.75, 3.05) is 43.6 Å². The molecule has 0 bridgehead atoms. The van der Waals surface area contributed by atoms with E-state index in [4.69, 9.17) is 4.74 Å². The highest BCUT2D eigenvalue weighted by Gasteiger charge is 2.21. The Morgan fingerprint density at radius 2 is 2.27 bits per heavy atom. The van der Waals surface area contributed by atoms with Gasteiger partial charge in [-0.25, -0.2) is 8.42 Å². The Morgan fingerprint density at radius 3 is 2.87 bits per heavy atom. The molecule has 1 fully saturated rings. The van der Waals surface area contributed by atoms with Crippen LogP contribution in [0, 0.1) is 0 Å². The number of hydrogen-bond donors (Lipinski definition) is 0. The lowest BCUT2D eigenvalue weighted by molar-refractivity contribution is 0.00223. The lowest BCUT2D eigenvalue weighted by atomic mass is 10.2. The Kier molecular flexibility index (Phi) is 5.52. The monoisotopic (exact) mass is 299 g/mol. The largest absolute Gasteiger partial charge is 0.378 e. The Morgan fingerprint density at radius 1 is 1.53 bits per heavy atom. The van der Waals surface area contributed by atoms with Crippen LogP contribution in [0.15, 0.2) is 0 Å². The number of rotatable bonds is 5. The number of morpholine rings is 1. The second-order valence-corrected chi connectivity index (χ2v) is 6.81. The van der Waals surface area contributed by atoms with Crippen molar-refractivity contribution in [2.45, 2.75) is 12.5 Å². The molecular weight excluding hydrogens is 282 g/mol. The summed E-state index contributed by atoms with van der Waals surface area (Å²) in [5.41, 5.74) is 0. The fourth-order valence-corrected chi connectivity index (χ4v) is 2.91. The number of ether oxygens (including phenoxy) is 1. The molecule has 1 aliphatic heterocycles. The summed E-state index contributed by atoms with van der Waals surface area (Å²) in [6, 6.07) is 0.387. The van der Waals surface area contributed by atoms with Gasteiger partial charge in [-0.15, -0.1) is 0 Å². The van der Waals surface area contributed by atoms with Gasteiger partial charge in [-0.3, -0.25) is 4.90 Å². The Hall–Kier alpha value is 0.350. The van der Waals surface area contributed by atoms with E-state index in [9.17, 15) is 8.42 Å². The predicted octanol–water partition coefficient (Wildman–Crippen LogP) is 0.517. The van der Waals surface area contributed by atoms with Crippen LogP contribution in [0.1, 0.15) is 6.42 Å². The molecule has 0 amide bonds. The molecule has 1 heterocycles. The summed E-state index contributed by atoms with van der Waals surface area (Å²) in [7, 11) is -2.82. The lowest BCUT2D eigenvalue weighted by Gasteiger charge is -2.34. The minimum Gasteiger partial charge on any atom is -0.378 e. The van der Waals surface area contributed by atoms with Gasteiger partial charge < -0.3 is 4.74 Å². The van der Waals surface area contributed by atoms with Crippen molar-refractivity contribution >= 4 is 25.8 Å². The maximum Gasteiger partial charge on any atom is 0.147 e. The van der Waals surface area contributed by atoms with Gasteiger partial charge in [-0.1, -0.05) is 15.9 Å². The van der Waals surface area contributed by atoms with Crippen molar-refractivity contribution < 1.29 is 13.2 Å². The normalized spacial score (nSPS) is 24.3. The minimum absolute atomic E-state index is 0.277. The zero-order valence-corrected chi connectivity index (χ0v) is 11.4. The van der Waals surface area contributed by atoms with Crippen molar-refractivity contribution in [1.29, 1.82) is 0 Å². The molecule has 0 aromatic carbocycles. The summed E-state index contributed by atoms with van der Waals surface area (Å²) in [5.74, 6) is 0.277. The summed E-state index contributed by atoms with van der Waals surface area (Å²) in [5, 5.41) is 0.881. The maximum absolute atomic E-state index is 11.0. The molecule has 1 aliphatic rings. The van der Waals surface area contributed by atoms with Gasteiger partial charge in [0.15, 0.2) is 0 Å². The van der Waals surface area contributed by atoms with Gasteiger partial charge in [-0.05, 0) is 13.0 Å². The molecule has 90 valence electrons. The average Bonchev–Trinajstić information content (AvgIpc) is 2.16. The third-order valence-electron chi connectivity index (χ3n) is 2.49. The minimum atomic E-state index is -2.82. The molecule has 0 N–H and O–H groups in total. The van der Waals surface area contributed by atoms with Crippen LogP contribution in [-0.2, 0) is 14.6 Å². The van der Waals surface area contributed by atoms with E-state index >= 15 is 0 Å². The first-order valence-corrected chi connectivity index (χ1v) is 8.26. The zero-order chi connectivity index (χ0) is 11.3. The quantitative estimate of drug-likeness (QED) is 0.694. The molecule has 0 saturated carbocycles. The number of halogens is 1. The van der Waals surface area contributed by atoms with Crippen molar-refractivity contribution in [3.8, 4) is 0 Å². The van der Waals surface area contributed by atoms with Crippen LogP contribution >= 0.6 is 15.9 Å². The SMILES string of the molecule is CS(=O)(=O)CCCN1CCOCC1CBr. The molecular formula is C9H18BrNO3S. The topological polar surface area (TPSA) is 46.6 Å². The standard InChI is InChI=1S/C9H18BrNO3S/c1-15(12,13)6-2-3-11-4-5-14-8-9(11)7-10/h9H,2-8H2,1H3. The van der Waals surface area contributed by atoms with Crippen LogP contribution < -0.4 is 0 Å². The molecule has 1 unspecified atom stereocenters. The summed E-state index contributed by atoms with van der Waals surface area (Å²) in [4.78, 5) is 2.30. The Balaban J connectivity index is 2.29. The summed E-state index contributed by atoms with van der Waals surface area (Å²) in [6.45, 7) is 3.24. The van der Waals surface area contributed by atoms with Gasteiger partial charge in [0.1, 0.15) is 9.84 Å². The molecule has 0 aliphatic carbocycles. The number of alkyl halides is 1. The van der Waals surface area contributed by atoms with Crippen LogP contribution in [0.3, 0.4) is 0 Å². The number of sulfone groups is 1. The molecule has 6 heteroatoms. The van der Waals surface area contributed by atoms with Crippen LogP contribution in [0.5, 0.6) is 0 Å². The van der Waals surface area contributed by atoms with Crippen molar-refractivity contribution in [2.24, 2.45) is 0 Å². The Labute approximate surface area is 100 Å². The molecule has 1 atom stereocenters. The Bertz CT molecular complexity index is 281.